The smallest absolute Gasteiger partial charge is 0.329 e. The summed E-state index contributed by atoms with van der Waals surface area (Å²) in [6, 6.07) is 3.80. The number of nitrogens with zero attached hydrogens (tertiary/aromatic N) is 1. The molecule has 0 unspecified atom stereocenters. The van der Waals surface area contributed by atoms with Crippen molar-refractivity contribution < 1.29 is 14.8 Å². The predicted octanol–water partition coefficient (Wildman–Crippen LogP) is 2.91. The molecular weight excluding hydrogens is 257 g/mol. The fourth-order valence-electron chi connectivity index (χ4n) is 0.993. The number of hydrogen-bond acceptors (Lipinski definition) is 3. The lowest BCUT2D eigenvalue weighted by molar-refractivity contribution is -0.384. The van der Waals surface area contributed by atoms with Crippen molar-refractivity contribution in [1.29, 1.82) is 0 Å². The van der Waals surface area contributed by atoms with Gasteiger partial charge in [-0.1, -0.05) is 29.3 Å². The molecule has 0 amide bonds. The van der Waals surface area contributed by atoms with Crippen LogP contribution in [0.3, 0.4) is 0 Å². The second kappa shape index (κ2) is 4.96. The summed E-state index contributed by atoms with van der Waals surface area (Å²) >= 11 is 11.2. The van der Waals surface area contributed by atoms with Crippen molar-refractivity contribution in [3.8, 4) is 0 Å². The lowest BCUT2D eigenvalue weighted by atomic mass is 10.2. The fraction of sp³-hybridized carbons (Fsp3) is 0. The largest absolute Gasteiger partial charge is 0.478 e. The van der Waals surface area contributed by atoms with Crippen molar-refractivity contribution in [3.05, 3.63) is 45.0 Å². The van der Waals surface area contributed by atoms with E-state index >= 15 is 0 Å². The molecule has 0 atom stereocenters. The maximum Gasteiger partial charge on any atom is 0.329 e. The Labute approximate surface area is 100 Å². The van der Waals surface area contributed by atoms with E-state index in [1.54, 1.807) is 0 Å². The number of carboxylic acid groups (broad SMARTS) is 1. The molecule has 0 aliphatic rings. The zero-order valence-corrected chi connectivity index (χ0v) is 9.20. The van der Waals surface area contributed by atoms with Gasteiger partial charge in [0, 0.05) is 17.7 Å². The number of halogens is 2. The molecule has 0 radical (unpaired) electrons. The predicted molar refractivity (Wildman–Crippen MR) is 59.6 cm³/mol. The molecule has 5 nitrogen and oxygen atoms in total. The summed E-state index contributed by atoms with van der Waals surface area (Å²) in [5, 5.41) is 18.9. The van der Waals surface area contributed by atoms with Gasteiger partial charge >= 0.3 is 5.97 Å². The molecule has 0 aliphatic heterocycles. The van der Waals surface area contributed by atoms with Crippen LogP contribution in [0.25, 0.3) is 5.03 Å². The Morgan fingerprint density at radius 3 is 2.62 bits per heavy atom. The van der Waals surface area contributed by atoms with Crippen LogP contribution in [-0.2, 0) is 4.79 Å². The van der Waals surface area contributed by atoms with Crippen LogP contribution in [0.4, 0.5) is 5.69 Å². The van der Waals surface area contributed by atoms with E-state index in [1.807, 2.05) is 0 Å². The van der Waals surface area contributed by atoms with Crippen molar-refractivity contribution in [2.75, 3.05) is 0 Å². The van der Waals surface area contributed by atoms with Gasteiger partial charge in [0.2, 0.25) is 0 Å². The Hall–Kier alpha value is -1.59. The SMILES string of the molecule is O=C(O)/C=C(/Cl)c1ccc(Cl)c([N+](=O)[O-])c1. The lowest BCUT2D eigenvalue weighted by Gasteiger charge is -2.00. The highest BCUT2D eigenvalue weighted by Gasteiger charge is 2.14. The molecule has 0 heterocycles. The van der Waals surface area contributed by atoms with Gasteiger partial charge in [-0.3, -0.25) is 10.1 Å². The molecule has 1 rings (SSSR count). The molecule has 0 aliphatic carbocycles. The van der Waals surface area contributed by atoms with Crippen LogP contribution in [0.2, 0.25) is 5.02 Å². The minimum atomic E-state index is -1.23. The average molecular weight is 262 g/mol. The first kappa shape index (κ1) is 12.5. The molecule has 0 fully saturated rings. The minimum absolute atomic E-state index is 0.0338. The number of aliphatic carboxylic acids is 1. The van der Waals surface area contributed by atoms with E-state index in [2.05, 4.69) is 0 Å². The molecule has 1 N–H and O–H groups in total. The van der Waals surface area contributed by atoms with Crippen LogP contribution in [0.5, 0.6) is 0 Å². The average Bonchev–Trinajstić information content (AvgIpc) is 2.16. The highest BCUT2D eigenvalue weighted by Crippen LogP contribution is 2.29. The molecule has 0 saturated heterocycles. The fourth-order valence-corrected chi connectivity index (χ4v) is 1.39. The number of rotatable bonds is 3. The maximum atomic E-state index is 10.6. The number of nitro benzene ring substituents is 1. The summed E-state index contributed by atoms with van der Waals surface area (Å²) in [5.41, 5.74) is -0.101. The van der Waals surface area contributed by atoms with E-state index in [4.69, 9.17) is 28.3 Å². The van der Waals surface area contributed by atoms with Gasteiger partial charge in [0.15, 0.2) is 0 Å². The van der Waals surface area contributed by atoms with Crippen molar-refractivity contribution in [1.82, 2.24) is 0 Å². The normalized spacial score (nSPS) is 11.2. The number of carboxylic acids is 1. The molecule has 0 saturated carbocycles. The molecule has 1 aromatic rings. The van der Waals surface area contributed by atoms with Gasteiger partial charge in [0.25, 0.3) is 5.69 Å². The van der Waals surface area contributed by atoms with Crippen LogP contribution < -0.4 is 0 Å². The van der Waals surface area contributed by atoms with E-state index in [-0.39, 0.29) is 21.3 Å². The van der Waals surface area contributed by atoms with Crippen LogP contribution in [-0.4, -0.2) is 16.0 Å². The van der Waals surface area contributed by atoms with Gasteiger partial charge in [-0.05, 0) is 6.07 Å². The molecule has 0 aromatic heterocycles. The summed E-state index contributed by atoms with van der Waals surface area (Å²) in [7, 11) is 0. The van der Waals surface area contributed by atoms with Gasteiger partial charge in [-0.15, -0.1) is 0 Å². The van der Waals surface area contributed by atoms with E-state index in [0.717, 1.165) is 12.1 Å². The number of nitro groups is 1. The van der Waals surface area contributed by atoms with E-state index < -0.39 is 10.9 Å². The van der Waals surface area contributed by atoms with Crippen molar-refractivity contribution in [3.63, 3.8) is 0 Å². The van der Waals surface area contributed by atoms with Crippen LogP contribution in [0.15, 0.2) is 24.3 Å². The summed E-state index contributed by atoms with van der Waals surface area (Å²) in [6.45, 7) is 0. The molecule has 84 valence electrons. The Kier molecular flexibility index (Phi) is 3.87. The van der Waals surface area contributed by atoms with Gasteiger partial charge in [0.1, 0.15) is 5.02 Å². The second-order valence-electron chi connectivity index (χ2n) is 2.75. The number of hydrogen-bond donors (Lipinski definition) is 1. The quantitative estimate of drug-likeness (QED) is 0.515. The maximum absolute atomic E-state index is 10.6. The summed E-state index contributed by atoms with van der Waals surface area (Å²) in [5.74, 6) is -1.23. The second-order valence-corrected chi connectivity index (χ2v) is 3.57. The highest BCUT2D eigenvalue weighted by atomic mass is 35.5. The van der Waals surface area contributed by atoms with Gasteiger partial charge in [-0.2, -0.15) is 0 Å². The van der Waals surface area contributed by atoms with Crippen molar-refractivity contribution in [2.45, 2.75) is 0 Å². The van der Waals surface area contributed by atoms with Crippen molar-refractivity contribution >= 4 is 39.9 Å². The molecule has 7 heteroatoms. The molecule has 16 heavy (non-hydrogen) atoms. The lowest BCUT2D eigenvalue weighted by Crippen LogP contribution is -1.92. The first-order chi connectivity index (χ1) is 7.41. The summed E-state index contributed by atoms with van der Waals surface area (Å²) in [4.78, 5) is 20.2. The zero-order valence-electron chi connectivity index (χ0n) is 7.68. The Morgan fingerprint density at radius 2 is 2.12 bits per heavy atom. The Balaban J connectivity index is 3.23. The third-order valence-corrected chi connectivity index (χ3v) is 2.32. The third kappa shape index (κ3) is 2.95. The summed E-state index contributed by atoms with van der Waals surface area (Å²) < 4.78 is 0. The van der Waals surface area contributed by atoms with Crippen LogP contribution >= 0.6 is 23.2 Å². The molecule has 1 aromatic carbocycles. The van der Waals surface area contributed by atoms with Gasteiger partial charge in [-0.25, -0.2) is 4.79 Å². The number of benzene rings is 1. The Morgan fingerprint density at radius 1 is 1.50 bits per heavy atom. The van der Waals surface area contributed by atoms with Crippen LogP contribution in [0, 0.1) is 10.1 Å². The molecular formula is C9H5Cl2NO4. The van der Waals surface area contributed by atoms with Gasteiger partial charge < -0.3 is 5.11 Å². The number of carbonyl (C=O) groups is 1. The standard InChI is InChI=1S/C9H5Cl2NO4/c10-6-2-1-5(3-8(6)12(15)16)7(11)4-9(13)14/h1-4H,(H,13,14)/b7-4+. The van der Waals surface area contributed by atoms with E-state index in [9.17, 15) is 14.9 Å². The van der Waals surface area contributed by atoms with E-state index in [0.29, 0.717) is 0 Å². The first-order valence-electron chi connectivity index (χ1n) is 3.96. The third-order valence-electron chi connectivity index (χ3n) is 1.67. The highest BCUT2D eigenvalue weighted by molar-refractivity contribution is 6.50. The van der Waals surface area contributed by atoms with E-state index in [1.165, 1.54) is 12.1 Å². The first-order valence-corrected chi connectivity index (χ1v) is 4.72. The molecule has 0 bridgehead atoms. The zero-order chi connectivity index (χ0) is 12.3. The summed E-state index contributed by atoms with van der Waals surface area (Å²) in [6.07, 6.45) is 0.745. The topological polar surface area (TPSA) is 80.4 Å². The van der Waals surface area contributed by atoms with Crippen LogP contribution in [0.1, 0.15) is 5.56 Å². The monoisotopic (exact) mass is 261 g/mol. The minimum Gasteiger partial charge on any atom is -0.478 e. The van der Waals surface area contributed by atoms with Crippen molar-refractivity contribution in [2.24, 2.45) is 0 Å². The molecule has 0 spiro atoms. The van der Waals surface area contributed by atoms with Gasteiger partial charge in [0.05, 0.1) is 9.96 Å². The Bertz CT molecular complexity index is 484.